The molecule has 1 atom stereocenters. The molecule has 3 heteroatoms. The van der Waals surface area contributed by atoms with Crippen molar-refractivity contribution in [1.82, 2.24) is 9.97 Å². The van der Waals surface area contributed by atoms with Crippen LogP contribution in [0.15, 0.2) is 30.5 Å². The van der Waals surface area contributed by atoms with E-state index in [0.29, 0.717) is 5.92 Å². The molecule has 0 amide bonds. The fourth-order valence-corrected chi connectivity index (χ4v) is 2.90. The first-order chi connectivity index (χ1) is 10.1. The maximum absolute atomic E-state index is 6.21. The van der Waals surface area contributed by atoms with Gasteiger partial charge in [-0.15, -0.1) is 0 Å². The van der Waals surface area contributed by atoms with Crippen LogP contribution in [0.2, 0.25) is 0 Å². The molecule has 0 spiro atoms. The second kappa shape index (κ2) is 5.94. The van der Waals surface area contributed by atoms with E-state index in [9.17, 15) is 0 Å². The predicted molar refractivity (Wildman–Crippen MR) is 86.0 cm³/mol. The lowest BCUT2D eigenvalue weighted by Gasteiger charge is -2.12. The van der Waals surface area contributed by atoms with E-state index in [1.165, 1.54) is 18.4 Å². The molecule has 1 aromatic heterocycles. The smallest absolute Gasteiger partial charge is 0.159 e. The standard InChI is InChI=1S/C18H23N3/c1-12(2)13-7-9-14(10-8-13)18-20-11-15-16(19)5-3-4-6-17(15)21-18/h7-12,16H,3-6,19H2,1-2H3. The summed E-state index contributed by atoms with van der Waals surface area (Å²) in [5.74, 6) is 1.36. The highest BCUT2D eigenvalue weighted by atomic mass is 14.9. The van der Waals surface area contributed by atoms with Crippen molar-refractivity contribution in [3.05, 3.63) is 47.3 Å². The van der Waals surface area contributed by atoms with Crippen LogP contribution in [0.4, 0.5) is 0 Å². The minimum absolute atomic E-state index is 0.0971. The van der Waals surface area contributed by atoms with Crippen molar-refractivity contribution >= 4 is 0 Å². The number of rotatable bonds is 2. The van der Waals surface area contributed by atoms with Gasteiger partial charge in [0.15, 0.2) is 5.82 Å². The molecule has 2 N–H and O–H groups in total. The Morgan fingerprint density at radius 3 is 2.62 bits per heavy atom. The van der Waals surface area contributed by atoms with Crippen molar-refractivity contribution in [2.24, 2.45) is 5.73 Å². The summed E-state index contributed by atoms with van der Waals surface area (Å²) in [4.78, 5) is 9.32. The molecular formula is C18H23N3. The van der Waals surface area contributed by atoms with Crippen LogP contribution in [-0.2, 0) is 6.42 Å². The zero-order valence-electron chi connectivity index (χ0n) is 12.8. The number of hydrogen-bond donors (Lipinski definition) is 1. The topological polar surface area (TPSA) is 51.8 Å². The second-order valence-electron chi connectivity index (χ2n) is 6.22. The van der Waals surface area contributed by atoms with E-state index < -0.39 is 0 Å². The van der Waals surface area contributed by atoms with E-state index in [-0.39, 0.29) is 6.04 Å². The summed E-state index contributed by atoms with van der Waals surface area (Å²) in [7, 11) is 0. The molecule has 3 rings (SSSR count). The molecule has 0 radical (unpaired) electrons. The van der Waals surface area contributed by atoms with E-state index >= 15 is 0 Å². The van der Waals surface area contributed by atoms with E-state index in [1.807, 2.05) is 6.20 Å². The molecule has 1 aliphatic rings. The Kier molecular flexibility index (Phi) is 4.02. The number of aromatic nitrogens is 2. The second-order valence-corrected chi connectivity index (χ2v) is 6.22. The summed E-state index contributed by atoms with van der Waals surface area (Å²) in [5.41, 5.74) is 10.9. The van der Waals surface area contributed by atoms with Gasteiger partial charge >= 0.3 is 0 Å². The minimum atomic E-state index is 0.0971. The predicted octanol–water partition coefficient (Wildman–Crippen LogP) is 3.99. The third-order valence-corrected chi connectivity index (χ3v) is 4.31. The van der Waals surface area contributed by atoms with Crippen molar-refractivity contribution < 1.29 is 0 Å². The molecule has 0 fully saturated rings. The molecule has 110 valence electrons. The van der Waals surface area contributed by atoms with E-state index in [0.717, 1.165) is 35.5 Å². The van der Waals surface area contributed by atoms with Crippen LogP contribution in [-0.4, -0.2) is 9.97 Å². The Balaban J connectivity index is 1.94. The van der Waals surface area contributed by atoms with Gasteiger partial charge in [-0.05, 0) is 30.7 Å². The summed E-state index contributed by atoms with van der Waals surface area (Å²) >= 11 is 0. The van der Waals surface area contributed by atoms with Crippen molar-refractivity contribution in [1.29, 1.82) is 0 Å². The molecule has 1 aliphatic carbocycles. The van der Waals surface area contributed by atoms with Crippen molar-refractivity contribution in [3.8, 4) is 11.4 Å². The first-order valence-corrected chi connectivity index (χ1v) is 7.87. The molecular weight excluding hydrogens is 258 g/mol. The normalized spacial score (nSPS) is 18.4. The van der Waals surface area contributed by atoms with Crippen LogP contribution in [0.1, 0.15) is 61.9 Å². The van der Waals surface area contributed by atoms with Crippen molar-refractivity contribution in [2.75, 3.05) is 0 Å². The Bertz CT molecular complexity index is 617. The van der Waals surface area contributed by atoms with Gasteiger partial charge in [0.25, 0.3) is 0 Å². The number of nitrogens with zero attached hydrogens (tertiary/aromatic N) is 2. The van der Waals surface area contributed by atoms with Gasteiger partial charge < -0.3 is 5.73 Å². The molecule has 1 unspecified atom stereocenters. The molecule has 21 heavy (non-hydrogen) atoms. The Morgan fingerprint density at radius 2 is 1.90 bits per heavy atom. The molecule has 0 aliphatic heterocycles. The van der Waals surface area contributed by atoms with Gasteiger partial charge in [0, 0.05) is 29.1 Å². The Morgan fingerprint density at radius 1 is 1.14 bits per heavy atom. The minimum Gasteiger partial charge on any atom is -0.324 e. The lowest BCUT2D eigenvalue weighted by atomic mass is 10.0. The highest BCUT2D eigenvalue weighted by Crippen LogP contribution is 2.27. The SMILES string of the molecule is CC(C)c1ccc(-c2ncc3c(n2)CCCCC3N)cc1. The zero-order valence-corrected chi connectivity index (χ0v) is 12.8. The Labute approximate surface area is 126 Å². The third-order valence-electron chi connectivity index (χ3n) is 4.31. The summed E-state index contributed by atoms with van der Waals surface area (Å²) in [6, 6.07) is 8.67. The van der Waals surface area contributed by atoms with Gasteiger partial charge in [0.05, 0.1) is 0 Å². The molecule has 0 bridgehead atoms. The molecule has 0 saturated heterocycles. The fourth-order valence-electron chi connectivity index (χ4n) is 2.90. The lowest BCUT2D eigenvalue weighted by Crippen LogP contribution is -2.12. The Hall–Kier alpha value is -1.74. The highest BCUT2D eigenvalue weighted by molar-refractivity contribution is 5.56. The van der Waals surface area contributed by atoms with Crippen LogP contribution < -0.4 is 5.73 Å². The van der Waals surface area contributed by atoms with Gasteiger partial charge in [-0.3, -0.25) is 0 Å². The number of benzene rings is 1. The highest BCUT2D eigenvalue weighted by Gasteiger charge is 2.17. The molecule has 1 aromatic carbocycles. The van der Waals surface area contributed by atoms with Crippen molar-refractivity contribution in [2.45, 2.75) is 51.5 Å². The summed E-state index contributed by atoms with van der Waals surface area (Å²) < 4.78 is 0. The quantitative estimate of drug-likeness (QED) is 0.847. The van der Waals surface area contributed by atoms with Gasteiger partial charge in [0.2, 0.25) is 0 Å². The number of hydrogen-bond acceptors (Lipinski definition) is 3. The molecule has 0 saturated carbocycles. The van der Waals surface area contributed by atoms with Crippen LogP contribution in [0, 0.1) is 0 Å². The average molecular weight is 281 g/mol. The summed E-state index contributed by atoms with van der Waals surface area (Å²) in [6.07, 6.45) is 6.34. The number of nitrogens with two attached hydrogens (primary N) is 1. The average Bonchev–Trinajstić information content (AvgIpc) is 2.69. The third kappa shape index (κ3) is 2.98. The fraction of sp³-hybridized carbons (Fsp3) is 0.444. The molecule has 1 heterocycles. The van der Waals surface area contributed by atoms with Crippen LogP contribution >= 0.6 is 0 Å². The first-order valence-electron chi connectivity index (χ1n) is 7.87. The zero-order chi connectivity index (χ0) is 14.8. The van der Waals surface area contributed by atoms with Crippen molar-refractivity contribution in [3.63, 3.8) is 0 Å². The number of aryl methyl sites for hydroxylation is 1. The largest absolute Gasteiger partial charge is 0.324 e. The first kappa shape index (κ1) is 14.2. The lowest BCUT2D eigenvalue weighted by molar-refractivity contribution is 0.614. The van der Waals surface area contributed by atoms with Crippen LogP contribution in [0.25, 0.3) is 11.4 Å². The van der Waals surface area contributed by atoms with Crippen LogP contribution in [0.5, 0.6) is 0 Å². The maximum Gasteiger partial charge on any atom is 0.159 e. The van der Waals surface area contributed by atoms with Gasteiger partial charge in [-0.1, -0.05) is 44.5 Å². The molecule has 3 nitrogen and oxygen atoms in total. The maximum atomic E-state index is 6.21. The van der Waals surface area contributed by atoms with Crippen LogP contribution in [0.3, 0.4) is 0 Å². The number of fused-ring (bicyclic) bond motifs is 1. The van der Waals surface area contributed by atoms with Gasteiger partial charge in [0.1, 0.15) is 0 Å². The monoisotopic (exact) mass is 281 g/mol. The summed E-state index contributed by atoms with van der Waals surface area (Å²) in [5, 5.41) is 0. The van der Waals surface area contributed by atoms with Gasteiger partial charge in [-0.2, -0.15) is 0 Å². The van der Waals surface area contributed by atoms with E-state index in [4.69, 9.17) is 10.7 Å². The van der Waals surface area contributed by atoms with E-state index in [1.54, 1.807) is 0 Å². The molecule has 2 aromatic rings. The van der Waals surface area contributed by atoms with Gasteiger partial charge in [-0.25, -0.2) is 9.97 Å². The summed E-state index contributed by atoms with van der Waals surface area (Å²) in [6.45, 7) is 4.41. The van der Waals surface area contributed by atoms with E-state index in [2.05, 4.69) is 43.1 Å².